The molecular weight excluding hydrogens is 362 g/mol. The lowest BCUT2D eigenvalue weighted by molar-refractivity contribution is 0.318. The zero-order chi connectivity index (χ0) is 21.0. The smallest absolute Gasteiger partial charge is 0.0231 e. The van der Waals surface area contributed by atoms with E-state index in [0.717, 1.165) is 19.5 Å². The number of hydrogen-bond acceptors (Lipinski definition) is 1. The van der Waals surface area contributed by atoms with E-state index in [1.807, 2.05) is 0 Å². The summed E-state index contributed by atoms with van der Waals surface area (Å²) in [5, 5.41) is 0. The van der Waals surface area contributed by atoms with Crippen LogP contribution < -0.4 is 0 Å². The van der Waals surface area contributed by atoms with Gasteiger partial charge in [0.25, 0.3) is 0 Å². The molecular formula is C29H35N. The maximum Gasteiger partial charge on any atom is 0.0231 e. The van der Waals surface area contributed by atoms with Crippen molar-refractivity contribution in [3.63, 3.8) is 0 Å². The molecule has 0 saturated heterocycles. The van der Waals surface area contributed by atoms with Crippen molar-refractivity contribution >= 4 is 5.57 Å². The van der Waals surface area contributed by atoms with E-state index in [1.54, 1.807) is 0 Å². The van der Waals surface area contributed by atoms with E-state index in [4.69, 9.17) is 0 Å². The first-order valence-corrected chi connectivity index (χ1v) is 11.3. The van der Waals surface area contributed by atoms with E-state index in [0.29, 0.717) is 5.92 Å². The van der Waals surface area contributed by atoms with Gasteiger partial charge in [-0.1, -0.05) is 117 Å². The summed E-state index contributed by atoms with van der Waals surface area (Å²) >= 11 is 0. The first kappa shape index (κ1) is 22.1. The molecule has 0 bridgehead atoms. The van der Waals surface area contributed by atoms with Gasteiger partial charge in [-0.3, -0.25) is 0 Å². The minimum Gasteiger partial charge on any atom is -0.301 e. The van der Waals surface area contributed by atoms with Crippen molar-refractivity contribution in [1.29, 1.82) is 0 Å². The van der Waals surface area contributed by atoms with E-state index < -0.39 is 0 Å². The van der Waals surface area contributed by atoms with Gasteiger partial charge in [0.15, 0.2) is 0 Å². The molecule has 0 saturated carbocycles. The molecule has 0 spiro atoms. The molecule has 30 heavy (non-hydrogen) atoms. The number of rotatable bonds is 11. The summed E-state index contributed by atoms with van der Waals surface area (Å²) in [4.78, 5) is 2.44. The molecule has 3 aromatic rings. The second kappa shape index (κ2) is 12.1. The average Bonchev–Trinajstić information content (AvgIpc) is 2.79. The minimum absolute atomic E-state index is 0.372. The van der Waals surface area contributed by atoms with E-state index in [9.17, 15) is 0 Å². The molecule has 156 valence electrons. The van der Waals surface area contributed by atoms with Gasteiger partial charge < -0.3 is 4.90 Å². The highest BCUT2D eigenvalue weighted by Gasteiger charge is 2.14. The number of allylic oxidation sites excluding steroid dienone is 1. The van der Waals surface area contributed by atoms with Crippen molar-refractivity contribution < 1.29 is 0 Å². The van der Waals surface area contributed by atoms with Crippen LogP contribution in [0.25, 0.3) is 5.57 Å². The van der Waals surface area contributed by atoms with Gasteiger partial charge in [-0.2, -0.15) is 0 Å². The fraction of sp³-hybridized carbons (Fsp3) is 0.310. The van der Waals surface area contributed by atoms with Crippen molar-refractivity contribution in [2.75, 3.05) is 13.6 Å². The third-order valence-electron chi connectivity index (χ3n) is 5.63. The number of benzene rings is 3. The standard InChI is InChI=1S/C29H35N/c1-3-4-8-21-28(26-17-11-6-12-18-26)22-29(27-19-13-7-14-20-27)24-30(2)23-25-15-9-5-10-16-25/h5-7,9-20,22,29H,3-4,8,21,23-24H2,1-2H3/b28-22+/t29-/m1/s1. The number of nitrogens with zero attached hydrogens (tertiary/aromatic N) is 1. The monoisotopic (exact) mass is 397 g/mol. The fourth-order valence-corrected chi connectivity index (χ4v) is 4.03. The molecule has 0 aliphatic rings. The number of unbranched alkanes of at least 4 members (excludes halogenated alkanes) is 2. The van der Waals surface area contributed by atoms with Gasteiger partial charge in [0.05, 0.1) is 0 Å². The van der Waals surface area contributed by atoms with Gasteiger partial charge in [0.2, 0.25) is 0 Å². The molecule has 0 amide bonds. The minimum atomic E-state index is 0.372. The molecule has 1 nitrogen and oxygen atoms in total. The second-order valence-electron chi connectivity index (χ2n) is 8.21. The summed E-state index contributed by atoms with van der Waals surface area (Å²) < 4.78 is 0. The molecule has 0 heterocycles. The number of likely N-dealkylation sites (N-methyl/N-ethyl adjacent to an activating group) is 1. The van der Waals surface area contributed by atoms with Crippen LogP contribution in [0.15, 0.2) is 97.1 Å². The van der Waals surface area contributed by atoms with Crippen LogP contribution in [0.1, 0.15) is 55.2 Å². The van der Waals surface area contributed by atoms with Gasteiger partial charge in [-0.25, -0.2) is 0 Å². The summed E-state index contributed by atoms with van der Waals surface area (Å²) in [6, 6.07) is 32.7. The molecule has 0 N–H and O–H groups in total. The molecule has 1 atom stereocenters. The van der Waals surface area contributed by atoms with Crippen LogP contribution in [0.4, 0.5) is 0 Å². The topological polar surface area (TPSA) is 3.24 Å². The van der Waals surface area contributed by atoms with E-state index >= 15 is 0 Å². The molecule has 1 heteroatoms. The maximum atomic E-state index is 2.53. The van der Waals surface area contributed by atoms with Crippen LogP contribution in [0.5, 0.6) is 0 Å². The molecule has 0 aromatic heterocycles. The van der Waals surface area contributed by atoms with Crippen LogP contribution in [0.3, 0.4) is 0 Å². The van der Waals surface area contributed by atoms with Gasteiger partial charge >= 0.3 is 0 Å². The average molecular weight is 398 g/mol. The molecule has 0 radical (unpaired) electrons. The lowest BCUT2D eigenvalue weighted by atomic mass is 9.91. The van der Waals surface area contributed by atoms with Crippen molar-refractivity contribution in [3.8, 4) is 0 Å². The molecule has 3 rings (SSSR count). The summed E-state index contributed by atoms with van der Waals surface area (Å²) in [6.45, 7) is 4.24. The van der Waals surface area contributed by atoms with Gasteiger partial charge in [0, 0.05) is 19.0 Å². The summed E-state index contributed by atoms with van der Waals surface area (Å²) in [6.07, 6.45) is 7.46. The third kappa shape index (κ3) is 7.00. The Balaban J connectivity index is 1.85. The Morgan fingerprint density at radius 1 is 0.800 bits per heavy atom. The van der Waals surface area contributed by atoms with E-state index in [-0.39, 0.29) is 0 Å². The Hall–Kier alpha value is -2.64. The lowest BCUT2D eigenvalue weighted by Gasteiger charge is -2.24. The van der Waals surface area contributed by atoms with Crippen LogP contribution >= 0.6 is 0 Å². The fourth-order valence-electron chi connectivity index (χ4n) is 4.03. The van der Waals surface area contributed by atoms with Crippen LogP contribution in [0.2, 0.25) is 0 Å². The molecule has 0 aliphatic carbocycles. The van der Waals surface area contributed by atoms with Crippen LogP contribution in [-0.4, -0.2) is 18.5 Å². The highest BCUT2D eigenvalue weighted by Crippen LogP contribution is 2.28. The van der Waals surface area contributed by atoms with Crippen molar-refractivity contribution in [2.45, 2.75) is 45.1 Å². The largest absolute Gasteiger partial charge is 0.301 e. The van der Waals surface area contributed by atoms with Crippen LogP contribution in [0, 0.1) is 0 Å². The first-order chi connectivity index (χ1) is 14.8. The lowest BCUT2D eigenvalue weighted by Crippen LogP contribution is -2.23. The number of hydrogen-bond donors (Lipinski definition) is 0. The van der Waals surface area contributed by atoms with Gasteiger partial charge in [-0.15, -0.1) is 0 Å². The summed E-state index contributed by atoms with van der Waals surface area (Å²) in [7, 11) is 2.23. The summed E-state index contributed by atoms with van der Waals surface area (Å²) in [5.41, 5.74) is 5.59. The molecule has 0 aliphatic heterocycles. The first-order valence-electron chi connectivity index (χ1n) is 11.3. The summed E-state index contributed by atoms with van der Waals surface area (Å²) in [5.74, 6) is 0.372. The quantitative estimate of drug-likeness (QED) is 0.302. The predicted octanol–water partition coefficient (Wildman–Crippen LogP) is 7.57. The molecule has 3 aromatic carbocycles. The Morgan fingerprint density at radius 3 is 2.03 bits per heavy atom. The Bertz CT molecular complexity index is 868. The zero-order valence-corrected chi connectivity index (χ0v) is 18.5. The normalized spacial score (nSPS) is 12.8. The zero-order valence-electron chi connectivity index (χ0n) is 18.5. The Kier molecular flexibility index (Phi) is 8.93. The van der Waals surface area contributed by atoms with Crippen LogP contribution in [-0.2, 0) is 6.54 Å². The van der Waals surface area contributed by atoms with Gasteiger partial charge in [-0.05, 0) is 42.2 Å². The third-order valence-corrected chi connectivity index (χ3v) is 5.63. The SMILES string of the molecule is CCCCC/C(=C\[C@H](CN(C)Cc1ccccc1)c1ccccc1)c1ccccc1. The predicted molar refractivity (Wildman–Crippen MR) is 131 cm³/mol. The van der Waals surface area contributed by atoms with E-state index in [1.165, 1.54) is 41.5 Å². The highest BCUT2D eigenvalue weighted by atomic mass is 15.1. The van der Waals surface area contributed by atoms with Crippen molar-refractivity contribution in [2.24, 2.45) is 0 Å². The molecule has 0 fully saturated rings. The molecule has 0 unspecified atom stereocenters. The maximum absolute atomic E-state index is 2.53. The second-order valence-corrected chi connectivity index (χ2v) is 8.21. The Labute approximate surface area is 183 Å². The Morgan fingerprint density at radius 2 is 1.40 bits per heavy atom. The van der Waals surface area contributed by atoms with Crippen molar-refractivity contribution in [3.05, 3.63) is 114 Å². The highest BCUT2D eigenvalue weighted by molar-refractivity contribution is 5.66. The van der Waals surface area contributed by atoms with Crippen molar-refractivity contribution in [1.82, 2.24) is 4.90 Å². The van der Waals surface area contributed by atoms with Gasteiger partial charge in [0.1, 0.15) is 0 Å². The van der Waals surface area contributed by atoms with E-state index in [2.05, 4.69) is 116 Å².